The van der Waals surface area contributed by atoms with Crippen LogP contribution >= 0.6 is 0 Å². The minimum Gasteiger partial charge on any atom is -0.492 e. The molecule has 0 bridgehead atoms. The Morgan fingerprint density at radius 3 is 2.95 bits per heavy atom. The maximum absolute atomic E-state index is 5.64. The van der Waals surface area contributed by atoms with Crippen LogP contribution in [0.25, 0.3) is 11.7 Å². The first-order valence-corrected chi connectivity index (χ1v) is 6.69. The second-order valence-electron chi connectivity index (χ2n) is 4.83. The molecule has 0 fully saturated rings. The van der Waals surface area contributed by atoms with Gasteiger partial charge in [0.25, 0.3) is 5.89 Å². The molecular formula is C15H13N3O3. The smallest absolute Gasteiger partial charge is 0.293 e. The van der Waals surface area contributed by atoms with Crippen LogP contribution in [0, 0.1) is 0 Å². The van der Waals surface area contributed by atoms with Crippen LogP contribution in [-0.4, -0.2) is 16.7 Å². The lowest BCUT2D eigenvalue weighted by atomic mass is 10.0. The third-order valence-electron chi connectivity index (χ3n) is 3.53. The third-order valence-corrected chi connectivity index (χ3v) is 3.53. The summed E-state index contributed by atoms with van der Waals surface area (Å²) in [6.07, 6.45) is 0. The molecule has 106 valence electrons. The fourth-order valence-corrected chi connectivity index (χ4v) is 2.46. The summed E-state index contributed by atoms with van der Waals surface area (Å²) in [5.74, 6) is 3.02. The quantitative estimate of drug-likeness (QED) is 0.793. The third kappa shape index (κ3) is 2.00. The lowest BCUT2D eigenvalue weighted by Crippen LogP contribution is -2.04. The highest BCUT2D eigenvalue weighted by Crippen LogP contribution is 2.37. The van der Waals surface area contributed by atoms with Gasteiger partial charge in [0.1, 0.15) is 18.1 Å². The van der Waals surface area contributed by atoms with Crippen molar-refractivity contribution < 1.29 is 13.7 Å². The van der Waals surface area contributed by atoms with Crippen LogP contribution in [0.15, 0.2) is 45.3 Å². The maximum atomic E-state index is 5.64. The predicted octanol–water partition coefficient (Wildman–Crippen LogP) is 2.31. The number of nitrogens with two attached hydrogens (primary N) is 1. The molecule has 21 heavy (non-hydrogen) atoms. The fourth-order valence-electron chi connectivity index (χ4n) is 2.46. The van der Waals surface area contributed by atoms with Crippen LogP contribution in [0.1, 0.15) is 23.1 Å². The fraction of sp³-hybridized carbons (Fsp3) is 0.200. The summed E-state index contributed by atoms with van der Waals surface area (Å²) >= 11 is 0. The number of rotatable bonds is 3. The van der Waals surface area contributed by atoms with Crippen LogP contribution in [-0.2, 0) is 6.54 Å². The van der Waals surface area contributed by atoms with E-state index < -0.39 is 0 Å². The van der Waals surface area contributed by atoms with E-state index in [2.05, 4.69) is 10.1 Å². The Morgan fingerprint density at radius 1 is 1.19 bits per heavy atom. The number of nitrogens with zero attached hydrogens (tertiary/aromatic N) is 2. The van der Waals surface area contributed by atoms with E-state index in [0.717, 1.165) is 11.3 Å². The van der Waals surface area contributed by atoms with Crippen molar-refractivity contribution in [2.24, 2.45) is 5.73 Å². The summed E-state index contributed by atoms with van der Waals surface area (Å²) < 4.78 is 16.4. The summed E-state index contributed by atoms with van der Waals surface area (Å²) in [4.78, 5) is 4.42. The molecule has 0 aliphatic carbocycles. The Morgan fingerprint density at radius 2 is 2.10 bits per heavy atom. The zero-order valence-electron chi connectivity index (χ0n) is 11.2. The molecule has 1 unspecified atom stereocenters. The summed E-state index contributed by atoms with van der Waals surface area (Å²) in [6.45, 7) is 0.857. The Kier molecular flexibility index (Phi) is 2.75. The minimum atomic E-state index is -0.0114. The highest BCUT2D eigenvalue weighted by atomic mass is 16.5. The number of hydrogen-bond acceptors (Lipinski definition) is 6. The van der Waals surface area contributed by atoms with Crippen LogP contribution < -0.4 is 10.5 Å². The van der Waals surface area contributed by atoms with Crippen molar-refractivity contribution in [1.82, 2.24) is 10.1 Å². The van der Waals surface area contributed by atoms with Gasteiger partial charge in [0, 0.05) is 5.56 Å². The molecule has 6 heteroatoms. The van der Waals surface area contributed by atoms with E-state index in [0.29, 0.717) is 36.4 Å². The topological polar surface area (TPSA) is 87.3 Å². The molecule has 2 N–H and O–H groups in total. The summed E-state index contributed by atoms with van der Waals surface area (Å²) in [5.41, 5.74) is 6.60. The second kappa shape index (κ2) is 4.75. The zero-order valence-corrected chi connectivity index (χ0v) is 11.2. The van der Waals surface area contributed by atoms with Crippen molar-refractivity contribution in [1.29, 1.82) is 0 Å². The summed E-state index contributed by atoms with van der Waals surface area (Å²) in [6, 6.07) is 11.5. The van der Waals surface area contributed by atoms with Gasteiger partial charge >= 0.3 is 0 Å². The Bertz CT molecular complexity index is 778. The van der Waals surface area contributed by atoms with E-state index in [4.69, 9.17) is 19.4 Å². The number of para-hydroxylation sites is 1. The average Bonchev–Trinajstić information content (AvgIpc) is 3.24. The van der Waals surface area contributed by atoms with Crippen molar-refractivity contribution in [3.05, 3.63) is 53.5 Å². The molecule has 3 heterocycles. The van der Waals surface area contributed by atoms with Gasteiger partial charge in [-0.05, 0) is 18.2 Å². The van der Waals surface area contributed by atoms with E-state index in [9.17, 15) is 0 Å². The standard InChI is InChI=1S/C15H13N3O3/c16-7-9-5-6-13(20-9)15-17-14(18-21-15)11-8-19-12-4-2-1-3-10(11)12/h1-6,11H,7-8,16H2. The number of fused-ring (bicyclic) bond motifs is 1. The Hall–Kier alpha value is -2.60. The first-order chi connectivity index (χ1) is 10.3. The molecule has 0 saturated heterocycles. The van der Waals surface area contributed by atoms with Crippen LogP contribution in [0.2, 0.25) is 0 Å². The van der Waals surface area contributed by atoms with Gasteiger partial charge in [-0.1, -0.05) is 23.4 Å². The number of benzene rings is 1. The molecule has 1 atom stereocenters. The normalized spacial score (nSPS) is 16.7. The van der Waals surface area contributed by atoms with E-state index >= 15 is 0 Å². The summed E-state index contributed by atoms with van der Waals surface area (Å²) in [5, 5.41) is 4.05. The minimum absolute atomic E-state index is 0.0114. The molecule has 1 aliphatic rings. The van der Waals surface area contributed by atoms with Gasteiger partial charge in [-0.3, -0.25) is 0 Å². The lowest BCUT2D eigenvalue weighted by Gasteiger charge is -2.01. The van der Waals surface area contributed by atoms with E-state index in [1.165, 1.54) is 0 Å². The summed E-state index contributed by atoms with van der Waals surface area (Å²) in [7, 11) is 0. The van der Waals surface area contributed by atoms with Gasteiger partial charge in [0.2, 0.25) is 0 Å². The van der Waals surface area contributed by atoms with Crippen LogP contribution in [0.5, 0.6) is 5.75 Å². The molecule has 0 radical (unpaired) electrons. The van der Waals surface area contributed by atoms with Crippen LogP contribution in [0.3, 0.4) is 0 Å². The molecule has 0 spiro atoms. The molecular weight excluding hydrogens is 270 g/mol. The van der Waals surface area contributed by atoms with E-state index in [1.54, 1.807) is 12.1 Å². The average molecular weight is 283 g/mol. The first kappa shape index (κ1) is 12.2. The number of aromatic nitrogens is 2. The highest BCUT2D eigenvalue weighted by Gasteiger charge is 2.29. The zero-order chi connectivity index (χ0) is 14.2. The van der Waals surface area contributed by atoms with Crippen molar-refractivity contribution in [2.75, 3.05) is 6.61 Å². The first-order valence-electron chi connectivity index (χ1n) is 6.69. The van der Waals surface area contributed by atoms with Gasteiger partial charge in [-0.2, -0.15) is 4.98 Å². The van der Waals surface area contributed by atoms with Gasteiger partial charge in [0.05, 0.1) is 12.5 Å². The largest absolute Gasteiger partial charge is 0.492 e. The lowest BCUT2D eigenvalue weighted by molar-refractivity contribution is 0.334. The van der Waals surface area contributed by atoms with Gasteiger partial charge in [-0.25, -0.2) is 0 Å². The number of ether oxygens (including phenoxy) is 1. The molecule has 4 rings (SSSR count). The SMILES string of the molecule is NCc1ccc(-c2nc(C3COc4ccccc43)no2)o1. The molecule has 1 aliphatic heterocycles. The van der Waals surface area contributed by atoms with Crippen molar-refractivity contribution in [2.45, 2.75) is 12.5 Å². The number of hydrogen-bond donors (Lipinski definition) is 1. The second-order valence-corrected chi connectivity index (χ2v) is 4.83. The Balaban J connectivity index is 1.66. The molecule has 2 aromatic heterocycles. The Labute approximate surface area is 120 Å². The van der Waals surface area contributed by atoms with Crippen molar-refractivity contribution >= 4 is 0 Å². The molecule has 3 aromatic rings. The van der Waals surface area contributed by atoms with Gasteiger partial charge < -0.3 is 19.4 Å². The monoisotopic (exact) mass is 283 g/mol. The number of furan rings is 1. The highest BCUT2D eigenvalue weighted by molar-refractivity contribution is 5.46. The van der Waals surface area contributed by atoms with Crippen molar-refractivity contribution in [3.8, 4) is 17.4 Å². The molecule has 6 nitrogen and oxygen atoms in total. The van der Waals surface area contributed by atoms with E-state index in [-0.39, 0.29) is 5.92 Å². The molecule has 0 saturated carbocycles. The van der Waals surface area contributed by atoms with Gasteiger partial charge in [0.15, 0.2) is 11.6 Å². The maximum Gasteiger partial charge on any atom is 0.293 e. The van der Waals surface area contributed by atoms with Crippen molar-refractivity contribution in [3.63, 3.8) is 0 Å². The van der Waals surface area contributed by atoms with Crippen LogP contribution in [0.4, 0.5) is 0 Å². The van der Waals surface area contributed by atoms with E-state index in [1.807, 2.05) is 24.3 Å². The molecule has 0 amide bonds. The predicted molar refractivity (Wildman–Crippen MR) is 73.7 cm³/mol. The molecule has 1 aromatic carbocycles. The van der Waals surface area contributed by atoms with Gasteiger partial charge in [-0.15, -0.1) is 0 Å².